The van der Waals surface area contributed by atoms with E-state index in [2.05, 4.69) is 21.1 Å². The van der Waals surface area contributed by atoms with Crippen LogP contribution in [0.5, 0.6) is 0 Å². The molecule has 0 atom stereocenters. The van der Waals surface area contributed by atoms with Gasteiger partial charge in [0, 0.05) is 10.0 Å². The molecule has 3 N–H and O–H groups in total. The standard InChI is InChI=1S/C8H9BrN2O2/c1-5-4-6(9)2-3-7(5)8(10-12)11-13/h2-4,12-13H,1H3,(H,10,11). The molecule has 1 rings (SSSR count). The molecule has 0 saturated heterocycles. The highest BCUT2D eigenvalue weighted by molar-refractivity contribution is 9.10. The van der Waals surface area contributed by atoms with E-state index in [4.69, 9.17) is 10.4 Å². The lowest BCUT2D eigenvalue weighted by molar-refractivity contribution is 0.223. The number of hydrogen-bond donors (Lipinski definition) is 3. The van der Waals surface area contributed by atoms with Crippen molar-refractivity contribution in [2.75, 3.05) is 0 Å². The highest BCUT2D eigenvalue weighted by atomic mass is 79.9. The van der Waals surface area contributed by atoms with E-state index in [1.165, 1.54) is 0 Å². The summed E-state index contributed by atoms with van der Waals surface area (Å²) in [4.78, 5) is 0. The van der Waals surface area contributed by atoms with Crippen LogP contribution in [0.1, 0.15) is 11.1 Å². The predicted octanol–water partition coefficient (Wildman–Crippen LogP) is 1.87. The van der Waals surface area contributed by atoms with Crippen molar-refractivity contribution in [1.29, 1.82) is 0 Å². The first-order valence-corrected chi connectivity index (χ1v) is 4.37. The maximum Gasteiger partial charge on any atom is 0.196 e. The fraction of sp³-hybridized carbons (Fsp3) is 0.125. The summed E-state index contributed by atoms with van der Waals surface area (Å²) >= 11 is 3.30. The van der Waals surface area contributed by atoms with Gasteiger partial charge in [-0.15, -0.1) is 0 Å². The first-order chi connectivity index (χ1) is 6.19. The third-order valence-corrected chi connectivity index (χ3v) is 2.14. The normalized spacial score (nSPS) is 11.5. The van der Waals surface area contributed by atoms with Gasteiger partial charge in [-0.2, -0.15) is 0 Å². The Hall–Kier alpha value is -1.07. The van der Waals surface area contributed by atoms with Crippen molar-refractivity contribution < 1.29 is 10.4 Å². The van der Waals surface area contributed by atoms with Crippen LogP contribution < -0.4 is 5.48 Å². The average molecular weight is 245 g/mol. The predicted molar refractivity (Wildman–Crippen MR) is 52.1 cm³/mol. The molecule has 0 saturated carbocycles. The van der Waals surface area contributed by atoms with Crippen LogP contribution in [0.4, 0.5) is 0 Å². The lowest BCUT2D eigenvalue weighted by Gasteiger charge is -2.05. The van der Waals surface area contributed by atoms with E-state index in [-0.39, 0.29) is 5.84 Å². The van der Waals surface area contributed by atoms with Gasteiger partial charge in [0.15, 0.2) is 5.84 Å². The van der Waals surface area contributed by atoms with Crippen molar-refractivity contribution in [2.45, 2.75) is 6.92 Å². The van der Waals surface area contributed by atoms with Gasteiger partial charge < -0.3 is 5.21 Å². The van der Waals surface area contributed by atoms with Crippen LogP contribution >= 0.6 is 15.9 Å². The Balaban J connectivity index is 3.15. The molecule has 0 unspecified atom stereocenters. The summed E-state index contributed by atoms with van der Waals surface area (Å²) in [6.45, 7) is 1.85. The van der Waals surface area contributed by atoms with Gasteiger partial charge in [0.25, 0.3) is 0 Å². The van der Waals surface area contributed by atoms with Gasteiger partial charge in [-0.3, -0.25) is 5.21 Å². The van der Waals surface area contributed by atoms with Crippen LogP contribution in [-0.4, -0.2) is 16.3 Å². The zero-order valence-corrected chi connectivity index (χ0v) is 8.54. The fourth-order valence-corrected chi connectivity index (χ4v) is 1.50. The summed E-state index contributed by atoms with van der Waals surface area (Å²) in [7, 11) is 0. The van der Waals surface area contributed by atoms with E-state index in [0.717, 1.165) is 10.0 Å². The van der Waals surface area contributed by atoms with Gasteiger partial charge in [0.1, 0.15) is 0 Å². The molecule has 0 bridgehead atoms. The highest BCUT2D eigenvalue weighted by Crippen LogP contribution is 2.15. The summed E-state index contributed by atoms with van der Waals surface area (Å²) in [5.41, 5.74) is 3.35. The van der Waals surface area contributed by atoms with Crippen molar-refractivity contribution in [3.8, 4) is 0 Å². The number of nitrogens with zero attached hydrogens (tertiary/aromatic N) is 1. The van der Waals surface area contributed by atoms with Gasteiger partial charge in [0.2, 0.25) is 0 Å². The minimum atomic E-state index is 0.0324. The van der Waals surface area contributed by atoms with E-state index < -0.39 is 0 Å². The fourth-order valence-electron chi connectivity index (χ4n) is 1.03. The van der Waals surface area contributed by atoms with Crippen molar-refractivity contribution >= 4 is 21.8 Å². The SMILES string of the molecule is Cc1cc(Br)ccc1C(=NO)NO. The van der Waals surface area contributed by atoms with Crippen molar-refractivity contribution in [2.24, 2.45) is 5.16 Å². The number of nitrogens with one attached hydrogen (secondary N) is 1. The minimum Gasteiger partial charge on any atom is -0.409 e. The molecule has 0 heterocycles. The molecule has 70 valence electrons. The molecule has 0 aliphatic rings. The summed E-state index contributed by atoms with van der Waals surface area (Å²) in [6, 6.07) is 5.39. The van der Waals surface area contributed by atoms with Gasteiger partial charge in [-0.25, -0.2) is 5.48 Å². The van der Waals surface area contributed by atoms with Gasteiger partial charge >= 0.3 is 0 Å². The average Bonchev–Trinajstić information content (AvgIpc) is 2.10. The quantitative estimate of drug-likeness (QED) is 0.306. The van der Waals surface area contributed by atoms with E-state index in [1.54, 1.807) is 12.1 Å². The summed E-state index contributed by atoms with van der Waals surface area (Å²) in [6.07, 6.45) is 0. The van der Waals surface area contributed by atoms with Crippen LogP contribution in [-0.2, 0) is 0 Å². The van der Waals surface area contributed by atoms with E-state index >= 15 is 0 Å². The van der Waals surface area contributed by atoms with Gasteiger partial charge in [-0.05, 0) is 30.7 Å². The largest absolute Gasteiger partial charge is 0.409 e. The van der Waals surface area contributed by atoms with E-state index in [9.17, 15) is 0 Å². The molecular formula is C8H9BrN2O2. The minimum absolute atomic E-state index is 0.0324. The molecule has 0 aliphatic carbocycles. The van der Waals surface area contributed by atoms with Gasteiger partial charge in [-0.1, -0.05) is 21.1 Å². The first-order valence-electron chi connectivity index (χ1n) is 3.57. The smallest absolute Gasteiger partial charge is 0.196 e. The Labute approximate surface area is 84.0 Å². The van der Waals surface area contributed by atoms with Gasteiger partial charge in [0.05, 0.1) is 0 Å². The molecule has 5 heteroatoms. The van der Waals surface area contributed by atoms with Crippen LogP contribution in [0.15, 0.2) is 27.8 Å². The molecule has 0 radical (unpaired) electrons. The van der Waals surface area contributed by atoms with Crippen LogP contribution in [0, 0.1) is 6.92 Å². The maximum absolute atomic E-state index is 8.62. The molecule has 1 aromatic carbocycles. The Morgan fingerprint density at radius 1 is 1.54 bits per heavy atom. The summed E-state index contributed by atoms with van der Waals surface area (Å²) in [5.74, 6) is 0.0324. The molecular weight excluding hydrogens is 236 g/mol. The van der Waals surface area contributed by atoms with Crippen LogP contribution in [0.2, 0.25) is 0 Å². The third kappa shape index (κ3) is 2.19. The monoisotopic (exact) mass is 244 g/mol. The van der Waals surface area contributed by atoms with E-state index in [0.29, 0.717) is 5.56 Å². The molecule has 0 spiro atoms. The molecule has 1 aromatic rings. The summed E-state index contributed by atoms with van der Waals surface area (Å²) < 4.78 is 0.934. The first kappa shape index (κ1) is 10.0. The maximum atomic E-state index is 8.62. The van der Waals surface area contributed by atoms with Crippen molar-refractivity contribution in [1.82, 2.24) is 5.48 Å². The Bertz CT molecular complexity index is 339. The van der Waals surface area contributed by atoms with E-state index in [1.807, 2.05) is 18.5 Å². The lowest BCUT2D eigenvalue weighted by atomic mass is 10.1. The van der Waals surface area contributed by atoms with Crippen molar-refractivity contribution in [3.63, 3.8) is 0 Å². The number of oxime groups is 1. The van der Waals surface area contributed by atoms with Crippen LogP contribution in [0.25, 0.3) is 0 Å². The number of rotatable bonds is 1. The zero-order chi connectivity index (χ0) is 9.84. The number of halogens is 1. The number of hydrogen-bond acceptors (Lipinski definition) is 3. The summed E-state index contributed by atoms with van der Waals surface area (Å²) in [5, 5.41) is 20.1. The van der Waals surface area contributed by atoms with Crippen LogP contribution in [0.3, 0.4) is 0 Å². The molecule has 0 aromatic heterocycles. The molecule has 4 nitrogen and oxygen atoms in total. The third-order valence-electron chi connectivity index (χ3n) is 1.65. The Morgan fingerprint density at radius 3 is 2.69 bits per heavy atom. The second kappa shape index (κ2) is 4.25. The topological polar surface area (TPSA) is 64.9 Å². The molecule has 0 fully saturated rings. The molecule has 13 heavy (non-hydrogen) atoms. The second-order valence-corrected chi connectivity index (χ2v) is 3.44. The molecule has 0 amide bonds. The number of hydroxylamine groups is 1. The number of amidine groups is 1. The zero-order valence-electron chi connectivity index (χ0n) is 6.95. The Morgan fingerprint density at radius 2 is 2.23 bits per heavy atom. The Kier molecular flexibility index (Phi) is 3.27. The second-order valence-electron chi connectivity index (χ2n) is 2.52. The number of benzene rings is 1. The lowest BCUT2D eigenvalue weighted by Crippen LogP contribution is -2.21. The molecule has 0 aliphatic heterocycles. The highest BCUT2D eigenvalue weighted by Gasteiger charge is 2.05. The number of aryl methyl sites for hydroxylation is 1. The van der Waals surface area contributed by atoms with Crippen molar-refractivity contribution in [3.05, 3.63) is 33.8 Å².